The zero-order valence-corrected chi connectivity index (χ0v) is 22.7. The fourth-order valence-corrected chi connectivity index (χ4v) is 5.78. The molecular formula is C34H34N2O3. The molecule has 1 spiro atoms. The number of carbonyl (C=O) groups is 1. The van der Waals surface area contributed by atoms with E-state index in [1.54, 1.807) is 0 Å². The fraction of sp³-hybridized carbons (Fsp3) is 0.265. The SMILES string of the molecule is CCC(Nc1ccccc1)N(CCC(C)C)c1ccc2c(c1)Oc1ccccc1C21OC(=O)c2ccccc21. The van der Waals surface area contributed by atoms with E-state index >= 15 is 0 Å². The fourth-order valence-electron chi connectivity index (χ4n) is 5.78. The number of hydrogen-bond acceptors (Lipinski definition) is 5. The van der Waals surface area contributed by atoms with Crippen LogP contribution in [-0.4, -0.2) is 18.7 Å². The summed E-state index contributed by atoms with van der Waals surface area (Å²) in [5, 5.41) is 3.73. The molecule has 6 rings (SSSR count). The van der Waals surface area contributed by atoms with Gasteiger partial charge in [-0.3, -0.25) is 0 Å². The minimum Gasteiger partial charge on any atom is -0.456 e. The number of ether oxygens (including phenoxy) is 2. The molecular weight excluding hydrogens is 484 g/mol. The monoisotopic (exact) mass is 518 g/mol. The van der Waals surface area contributed by atoms with Crippen molar-refractivity contribution in [1.29, 1.82) is 0 Å². The van der Waals surface area contributed by atoms with Crippen LogP contribution in [0.3, 0.4) is 0 Å². The lowest BCUT2D eigenvalue weighted by Gasteiger charge is -2.38. The van der Waals surface area contributed by atoms with Gasteiger partial charge in [0.1, 0.15) is 11.5 Å². The molecule has 2 unspecified atom stereocenters. The largest absolute Gasteiger partial charge is 0.456 e. The molecule has 0 aliphatic carbocycles. The predicted octanol–water partition coefficient (Wildman–Crippen LogP) is 7.96. The molecule has 0 amide bonds. The molecule has 4 aromatic rings. The highest BCUT2D eigenvalue weighted by Gasteiger charge is 2.53. The molecule has 1 N–H and O–H groups in total. The summed E-state index contributed by atoms with van der Waals surface area (Å²) in [4.78, 5) is 15.5. The van der Waals surface area contributed by atoms with Gasteiger partial charge in [0, 0.05) is 40.7 Å². The molecule has 0 aromatic heterocycles. The molecule has 39 heavy (non-hydrogen) atoms. The number of nitrogens with one attached hydrogen (secondary N) is 1. The van der Waals surface area contributed by atoms with Crippen LogP contribution in [0.15, 0.2) is 97.1 Å². The molecule has 0 saturated carbocycles. The third kappa shape index (κ3) is 4.32. The van der Waals surface area contributed by atoms with E-state index in [0.717, 1.165) is 47.5 Å². The lowest BCUT2D eigenvalue weighted by molar-refractivity contribution is 0.0224. The first-order chi connectivity index (χ1) is 19.0. The van der Waals surface area contributed by atoms with Crippen LogP contribution in [0.5, 0.6) is 11.5 Å². The van der Waals surface area contributed by atoms with Crippen molar-refractivity contribution >= 4 is 17.3 Å². The first-order valence-electron chi connectivity index (χ1n) is 13.8. The minimum atomic E-state index is -1.04. The van der Waals surface area contributed by atoms with Gasteiger partial charge in [-0.2, -0.15) is 0 Å². The number of fused-ring (bicyclic) bond motifs is 6. The zero-order chi connectivity index (χ0) is 27.0. The van der Waals surface area contributed by atoms with Gasteiger partial charge in [0.2, 0.25) is 0 Å². The van der Waals surface area contributed by atoms with Crippen molar-refractivity contribution in [2.75, 3.05) is 16.8 Å². The van der Waals surface area contributed by atoms with Gasteiger partial charge in [-0.25, -0.2) is 4.79 Å². The number of carbonyl (C=O) groups excluding carboxylic acids is 1. The first kappa shape index (κ1) is 25.1. The molecule has 2 aliphatic heterocycles. The first-order valence-corrected chi connectivity index (χ1v) is 13.8. The number of esters is 1. The molecule has 0 radical (unpaired) electrons. The number of rotatable bonds is 8. The average molecular weight is 519 g/mol. The van der Waals surface area contributed by atoms with E-state index in [1.165, 1.54) is 0 Å². The summed E-state index contributed by atoms with van der Waals surface area (Å²) in [6.45, 7) is 7.62. The van der Waals surface area contributed by atoms with E-state index in [9.17, 15) is 4.79 Å². The van der Waals surface area contributed by atoms with Gasteiger partial charge in [0.25, 0.3) is 0 Å². The molecule has 4 aromatic carbocycles. The summed E-state index contributed by atoms with van der Waals surface area (Å²) in [7, 11) is 0. The molecule has 198 valence electrons. The smallest absolute Gasteiger partial charge is 0.340 e. The zero-order valence-electron chi connectivity index (χ0n) is 22.7. The molecule has 5 heteroatoms. The van der Waals surface area contributed by atoms with E-state index in [2.05, 4.69) is 73.5 Å². The van der Waals surface area contributed by atoms with Crippen molar-refractivity contribution in [2.24, 2.45) is 5.92 Å². The highest BCUT2D eigenvalue weighted by atomic mass is 16.6. The maximum absolute atomic E-state index is 13.1. The van der Waals surface area contributed by atoms with E-state index in [1.807, 2.05) is 54.6 Å². The number of anilines is 2. The predicted molar refractivity (Wildman–Crippen MR) is 156 cm³/mol. The Balaban J connectivity index is 1.46. The van der Waals surface area contributed by atoms with E-state index in [4.69, 9.17) is 9.47 Å². The van der Waals surface area contributed by atoms with Crippen LogP contribution < -0.4 is 15.0 Å². The van der Waals surface area contributed by atoms with Crippen molar-refractivity contribution in [3.63, 3.8) is 0 Å². The van der Waals surface area contributed by atoms with Crippen LogP contribution in [-0.2, 0) is 10.3 Å². The Kier molecular flexibility index (Phi) is 6.51. The van der Waals surface area contributed by atoms with Gasteiger partial charge < -0.3 is 19.7 Å². The lowest BCUT2D eigenvalue weighted by Crippen LogP contribution is -2.42. The Morgan fingerprint density at radius 1 is 0.821 bits per heavy atom. The number of nitrogens with zero attached hydrogens (tertiary/aromatic N) is 1. The van der Waals surface area contributed by atoms with Crippen LogP contribution in [0, 0.1) is 5.92 Å². The lowest BCUT2D eigenvalue weighted by atomic mass is 9.77. The van der Waals surface area contributed by atoms with Crippen molar-refractivity contribution in [3.05, 3.63) is 119 Å². The maximum atomic E-state index is 13.1. The summed E-state index contributed by atoms with van der Waals surface area (Å²) in [6, 6.07) is 32.2. The van der Waals surface area contributed by atoms with Crippen LogP contribution >= 0.6 is 0 Å². The van der Waals surface area contributed by atoms with Gasteiger partial charge in [0.15, 0.2) is 5.60 Å². The van der Waals surface area contributed by atoms with E-state index in [-0.39, 0.29) is 12.1 Å². The van der Waals surface area contributed by atoms with E-state index in [0.29, 0.717) is 23.0 Å². The molecule has 0 fully saturated rings. The standard InChI is InChI=1S/C34H34N2O3/c1-4-32(35-24-12-6-5-7-13-24)36(21-20-23(2)3)25-18-19-29-31(22-25)38-30-17-11-10-16-28(30)34(29)27-15-9-8-14-26(27)33(37)39-34/h5-19,22-23,32,35H,4,20-21H2,1-3H3. The highest BCUT2D eigenvalue weighted by Crippen LogP contribution is 2.56. The van der Waals surface area contributed by atoms with Crippen LogP contribution in [0.25, 0.3) is 0 Å². The molecule has 5 nitrogen and oxygen atoms in total. The maximum Gasteiger partial charge on any atom is 0.340 e. The Bertz CT molecular complexity index is 1500. The van der Waals surface area contributed by atoms with Gasteiger partial charge in [0.05, 0.1) is 11.7 Å². The Morgan fingerprint density at radius 3 is 2.28 bits per heavy atom. The quantitative estimate of drug-likeness (QED) is 0.189. The topological polar surface area (TPSA) is 50.8 Å². The van der Waals surface area contributed by atoms with Crippen LogP contribution in [0.1, 0.15) is 60.7 Å². The third-order valence-corrected chi connectivity index (χ3v) is 7.75. The number of hydrogen-bond donors (Lipinski definition) is 1. The second-order valence-corrected chi connectivity index (χ2v) is 10.7. The highest BCUT2D eigenvalue weighted by molar-refractivity contribution is 5.97. The third-order valence-electron chi connectivity index (χ3n) is 7.75. The summed E-state index contributed by atoms with van der Waals surface area (Å²) < 4.78 is 12.8. The molecule has 2 atom stereocenters. The Hall–Kier alpha value is -4.25. The average Bonchev–Trinajstić information content (AvgIpc) is 3.25. The van der Waals surface area contributed by atoms with Gasteiger partial charge in [-0.15, -0.1) is 0 Å². The molecule has 2 heterocycles. The van der Waals surface area contributed by atoms with Gasteiger partial charge >= 0.3 is 5.97 Å². The Labute approximate surface area is 230 Å². The van der Waals surface area contributed by atoms with Crippen LogP contribution in [0.4, 0.5) is 11.4 Å². The number of para-hydroxylation sites is 2. The molecule has 0 bridgehead atoms. The summed E-state index contributed by atoms with van der Waals surface area (Å²) in [5.74, 6) is 1.67. The molecule has 2 aliphatic rings. The van der Waals surface area contributed by atoms with E-state index < -0.39 is 5.60 Å². The van der Waals surface area contributed by atoms with Crippen LogP contribution in [0.2, 0.25) is 0 Å². The van der Waals surface area contributed by atoms with Gasteiger partial charge in [-0.1, -0.05) is 75.4 Å². The van der Waals surface area contributed by atoms with Crippen molar-refractivity contribution < 1.29 is 14.3 Å². The summed E-state index contributed by atoms with van der Waals surface area (Å²) in [5.41, 5.74) is 4.27. The Morgan fingerprint density at radius 2 is 1.51 bits per heavy atom. The second-order valence-electron chi connectivity index (χ2n) is 10.7. The van der Waals surface area contributed by atoms with Crippen molar-refractivity contribution in [3.8, 4) is 11.5 Å². The normalized spacial score (nSPS) is 17.6. The number of benzene rings is 4. The molecule has 0 saturated heterocycles. The summed E-state index contributed by atoms with van der Waals surface area (Å²) >= 11 is 0. The van der Waals surface area contributed by atoms with Crippen molar-refractivity contribution in [1.82, 2.24) is 0 Å². The van der Waals surface area contributed by atoms with Gasteiger partial charge in [-0.05, 0) is 55.2 Å². The second kappa shape index (κ2) is 10.1. The summed E-state index contributed by atoms with van der Waals surface area (Å²) in [6.07, 6.45) is 2.07. The van der Waals surface area contributed by atoms with Crippen molar-refractivity contribution in [2.45, 2.75) is 45.4 Å². The minimum absolute atomic E-state index is 0.0964.